The molecule has 3 atom stereocenters. The molecule has 0 spiro atoms. The molecule has 1 saturated heterocycles. The molecule has 0 aliphatic carbocycles. The van der Waals surface area contributed by atoms with Gasteiger partial charge >= 0.3 is 0 Å². The van der Waals surface area contributed by atoms with Gasteiger partial charge in [0.15, 0.2) is 0 Å². The van der Waals surface area contributed by atoms with Crippen LogP contribution in [-0.2, 0) is 46.4 Å². The number of rotatable bonds is 20. The number of thiazole rings is 1. The minimum absolute atomic E-state index is 0.00172. The molecule has 1 aliphatic heterocycles. The number of nitrogens with zero attached hydrogens (tertiary/aromatic N) is 2. The minimum Gasteiger partial charge on any atom is -0.391 e. The summed E-state index contributed by atoms with van der Waals surface area (Å²) in [6.07, 6.45) is -0.375. The molecule has 288 valence electrons. The number of β-amino-alcohol motifs (C(OH)–C–C–N with tert-alkyl or cyclic N) is 1. The van der Waals surface area contributed by atoms with E-state index in [0.29, 0.717) is 39.4 Å². The predicted octanol–water partition coefficient (Wildman–Crippen LogP) is 3.03. The molecular formula is C39H53N5O8S. The topological polar surface area (TPSA) is 168 Å². The lowest BCUT2D eigenvalue weighted by atomic mass is 9.85. The average molecular weight is 752 g/mol. The van der Waals surface area contributed by atoms with Gasteiger partial charge in [-0.2, -0.15) is 0 Å². The molecule has 1 aromatic heterocycles. The predicted molar refractivity (Wildman–Crippen MR) is 202 cm³/mol. The Hall–Kier alpha value is -4.21. The van der Waals surface area contributed by atoms with Gasteiger partial charge in [-0.25, -0.2) is 4.98 Å². The average Bonchev–Trinajstić information content (AvgIpc) is 3.75. The Morgan fingerprint density at radius 2 is 1.55 bits per heavy atom. The fraction of sp³-hybridized carbons (Fsp3) is 0.513. The van der Waals surface area contributed by atoms with Gasteiger partial charge in [-0.05, 0) is 29.0 Å². The van der Waals surface area contributed by atoms with Crippen LogP contribution in [0.3, 0.4) is 0 Å². The molecule has 2 heterocycles. The second kappa shape index (κ2) is 20.9. The molecule has 4 amide bonds. The van der Waals surface area contributed by atoms with Gasteiger partial charge in [-0.3, -0.25) is 19.2 Å². The van der Waals surface area contributed by atoms with Crippen molar-refractivity contribution in [2.45, 2.75) is 71.7 Å². The van der Waals surface area contributed by atoms with Crippen molar-refractivity contribution >= 4 is 35.0 Å². The largest absolute Gasteiger partial charge is 0.391 e. The quantitative estimate of drug-likeness (QED) is 0.127. The lowest BCUT2D eigenvalue weighted by Gasteiger charge is -2.35. The first-order valence-electron chi connectivity index (χ1n) is 18.0. The van der Waals surface area contributed by atoms with E-state index in [1.165, 1.54) is 4.90 Å². The zero-order valence-corrected chi connectivity index (χ0v) is 31.9. The van der Waals surface area contributed by atoms with Gasteiger partial charge in [0.1, 0.15) is 12.1 Å². The van der Waals surface area contributed by atoms with Crippen molar-refractivity contribution in [3.63, 3.8) is 0 Å². The van der Waals surface area contributed by atoms with Gasteiger partial charge in [0, 0.05) is 32.5 Å². The fourth-order valence-electron chi connectivity index (χ4n) is 5.83. The van der Waals surface area contributed by atoms with Crippen LogP contribution in [0.4, 0.5) is 0 Å². The molecule has 3 aromatic rings. The standard InChI is InChI=1S/C39H53N5O8S/c1-27-35(53-26-42-27)30-12-10-29(11-13-30)24-41-37(48)32-23-31(45)25-44(32)38(49)36(39(2,3)4)43-33(46)14-16-50-18-20-52-21-19-51-17-15-40-34(47)22-28-8-6-5-7-9-28/h5-13,26,31-32,36,45H,14-25H2,1-4H3,(H,40,47)(H,41,48)(H,43,46). The van der Waals surface area contributed by atoms with Crippen LogP contribution in [-0.4, -0.2) is 110 Å². The van der Waals surface area contributed by atoms with Crippen molar-refractivity contribution in [1.29, 1.82) is 0 Å². The molecule has 2 aromatic carbocycles. The molecule has 1 fully saturated rings. The van der Waals surface area contributed by atoms with Gasteiger partial charge in [-0.1, -0.05) is 75.4 Å². The van der Waals surface area contributed by atoms with Crippen LogP contribution >= 0.6 is 11.3 Å². The second-order valence-corrected chi connectivity index (χ2v) is 14.9. The Kier molecular flexibility index (Phi) is 16.4. The number of aliphatic hydroxyl groups is 1. The number of aliphatic hydroxyl groups excluding tert-OH is 1. The van der Waals surface area contributed by atoms with Crippen molar-refractivity contribution in [3.05, 3.63) is 76.9 Å². The number of ether oxygens (including phenoxy) is 3. The first-order valence-corrected chi connectivity index (χ1v) is 18.9. The summed E-state index contributed by atoms with van der Waals surface area (Å²) in [5.74, 6) is -1.19. The monoisotopic (exact) mass is 751 g/mol. The summed E-state index contributed by atoms with van der Waals surface area (Å²) in [6.45, 7) is 10.0. The van der Waals surface area contributed by atoms with E-state index in [1.807, 2.05) is 87.8 Å². The van der Waals surface area contributed by atoms with Gasteiger partial charge < -0.3 is 40.2 Å². The van der Waals surface area contributed by atoms with Crippen molar-refractivity contribution in [2.75, 3.05) is 52.7 Å². The highest BCUT2D eigenvalue weighted by molar-refractivity contribution is 7.13. The van der Waals surface area contributed by atoms with Gasteiger partial charge in [0.25, 0.3) is 0 Å². The van der Waals surface area contributed by atoms with E-state index >= 15 is 0 Å². The summed E-state index contributed by atoms with van der Waals surface area (Å²) in [5, 5.41) is 19.1. The van der Waals surface area contributed by atoms with Crippen LogP contribution in [0.25, 0.3) is 10.4 Å². The first kappa shape index (κ1) is 41.5. The Morgan fingerprint density at radius 1 is 0.887 bits per heavy atom. The van der Waals surface area contributed by atoms with Crippen LogP contribution in [0, 0.1) is 12.3 Å². The number of carbonyl (C=O) groups excluding carboxylic acids is 4. The number of aryl methyl sites for hydroxylation is 1. The fourth-order valence-corrected chi connectivity index (χ4v) is 6.64. The summed E-state index contributed by atoms with van der Waals surface area (Å²) < 4.78 is 16.5. The summed E-state index contributed by atoms with van der Waals surface area (Å²) in [4.78, 5) is 58.8. The second-order valence-electron chi connectivity index (χ2n) is 14.0. The molecule has 0 saturated carbocycles. The maximum atomic E-state index is 13.8. The van der Waals surface area contributed by atoms with E-state index in [9.17, 15) is 24.3 Å². The molecule has 4 N–H and O–H groups in total. The molecule has 0 bridgehead atoms. The Balaban J connectivity index is 1.11. The van der Waals surface area contributed by atoms with Crippen LogP contribution < -0.4 is 16.0 Å². The summed E-state index contributed by atoms with van der Waals surface area (Å²) in [7, 11) is 0. The van der Waals surface area contributed by atoms with E-state index in [2.05, 4.69) is 20.9 Å². The Labute approximate surface area is 315 Å². The number of hydrogen-bond donors (Lipinski definition) is 4. The summed E-state index contributed by atoms with van der Waals surface area (Å²) in [6, 6.07) is 15.6. The van der Waals surface area contributed by atoms with E-state index in [0.717, 1.165) is 27.3 Å². The number of benzene rings is 2. The maximum Gasteiger partial charge on any atom is 0.246 e. The minimum atomic E-state index is -0.918. The molecule has 1 aliphatic rings. The smallest absolute Gasteiger partial charge is 0.246 e. The van der Waals surface area contributed by atoms with Crippen LogP contribution in [0.2, 0.25) is 0 Å². The highest BCUT2D eigenvalue weighted by Gasteiger charge is 2.44. The van der Waals surface area contributed by atoms with Crippen LogP contribution in [0.1, 0.15) is 50.4 Å². The number of carbonyl (C=O) groups is 4. The first-order chi connectivity index (χ1) is 25.4. The number of likely N-dealkylation sites (tertiary alicyclic amines) is 1. The molecule has 13 nitrogen and oxygen atoms in total. The summed E-state index contributed by atoms with van der Waals surface area (Å²) in [5.41, 5.74) is 5.03. The Morgan fingerprint density at radius 3 is 2.19 bits per heavy atom. The van der Waals surface area contributed by atoms with E-state index in [1.54, 1.807) is 11.3 Å². The highest BCUT2D eigenvalue weighted by Crippen LogP contribution is 2.28. The third-order valence-electron chi connectivity index (χ3n) is 8.70. The van der Waals surface area contributed by atoms with E-state index in [4.69, 9.17) is 14.2 Å². The van der Waals surface area contributed by atoms with Gasteiger partial charge in [0.05, 0.1) is 68.2 Å². The SMILES string of the molecule is Cc1ncsc1-c1ccc(CNC(=O)C2CC(O)CN2C(=O)C(NC(=O)CCOCCOCCOCCNC(=O)Cc2ccccc2)C(C)(C)C)cc1. The number of amides is 4. The lowest BCUT2D eigenvalue weighted by molar-refractivity contribution is -0.144. The van der Waals surface area contributed by atoms with Crippen molar-refractivity contribution < 1.29 is 38.5 Å². The number of nitrogens with one attached hydrogen (secondary N) is 3. The molecular weight excluding hydrogens is 699 g/mol. The highest BCUT2D eigenvalue weighted by atomic mass is 32.1. The van der Waals surface area contributed by atoms with Crippen molar-refractivity contribution in [3.8, 4) is 10.4 Å². The molecule has 14 heteroatoms. The van der Waals surface area contributed by atoms with Gasteiger partial charge in [-0.15, -0.1) is 11.3 Å². The molecule has 3 unspecified atom stereocenters. The zero-order chi connectivity index (χ0) is 38.2. The number of aromatic nitrogens is 1. The lowest BCUT2D eigenvalue weighted by Crippen LogP contribution is -2.57. The van der Waals surface area contributed by atoms with Crippen molar-refractivity contribution in [1.82, 2.24) is 25.8 Å². The normalized spacial score (nSPS) is 16.3. The maximum absolute atomic E-state index is 13.8. The van der Waals surface area contributed by atoms with Gasteiger partial charge in [0.2, 0.25) is 23.6 Å². The molecule has 0 radical (unpaired) electrons. The van der Waals surface area contributed by atoms with Crippen LogP contribution in [0.5, 0.6) is 0 Å². The van der Waals surface area contributed by atoms with Crippen molar-refractivity contribution in [2.24, 2.45) is 5.41 Å². The number of hydrogen-bond acceptors (Lipinski definition) is 10. The Bertz CT molecular complexity index is 1610. The van der Waals surface area contributed by atoms with E-state index in [-0.39, 0.29) is 56.9 Å². The third-order valence-corrected chi connectivity index (χ3v) is 9.68. The van der Waals surface area contributed by atoms with Crippen LogP contribution in [0.15, 0.2) is 60.1 Å². The molecule has 4 rings (SSSR count). The third kappa shape index (κ3) is 13.6. The van der Waals surface area contributed by atoms with E-state index < -0.39 is 29.5 Å². The molecule has 53 heavy (non-hydrogen) atoms. The summed E-state index contributed by atoms with van der Waals surface area (Å²) >= 11 is 1.57. The zero-order valence-electron chi connectivity index (χ0n) is 31.1.